The molecule has 2 unspecified atom stereocenters. The van der Waals surface area contributed by atoms with Crippen LogP contribution in [-0.2, 0) is 9.59 Å². The van der Waals surface area contributed by atoms with Gasteiger partial charge in [0.05, 0.1) is 17.6 Å². The van der Waals surface area contributed by atoms with Crippen LogP contribution in [0.15, 0.2) is 77.1 Å². The summed E-state index contributed by atoms with van der Waals surface area (Å²) in [4.78, 5) is 25.6. The molecule has 0 saturated carbocycles. The maximum absolute atomic E-state index is 13.4. The molecule has 0 saturated heterocycles. The van der Waals surface area contributed by atoms with Gasteiger partial charge >= 0.3 is 5.97 Å². The SMILES string of the molecule is CC1=C(C(=O)O)C(c2ccccc2Cl)C(C(=O)NCC(C)(C)NCC(O)c2ccccc2)=C(C)N1. The lowest BCUT2D eigenvalue weighted by atomic mass is 9.80. The van der Waals surface area contributed by atoms with Gasteiger partial charge in [0.2, 0.25) is 5.91 Å². The third-order valence-corrected chi connectivity index (χ3v) is 6.45. The zero-order valence-electron chi connectivity index (χ0n) is 20.4. The Morgan fingerprint density at radius 3 is 2.26 bits per heavy atom. The van der Waals surface area contributed by atoms with E-state index < -0.39 is 23.5 Å². The molecule has 2 aromatic carbocycles. The van der Waals surface area contributed by atoms with Gasteiger partial charge in [0, 0.05) is 40.6 Å². The summed E-state index contributed by atoms with van der Waals surface area (Å²) in [5.74, 6) is -2.32. The number of carboxylic acids is 1. The molecule has 8 heteroatoms. The number of allylic oxidation sites excluding steroid dienone is 2. The Morgan fingerprint density at radius 2 is 1.63 bits per heavy atom. The average molecular weight is 498 g/mol. The lowest BCUT2D eigenvalue weighted by Gasteiger charge is -2.32. The van der Waals surface area contributed by atoms with Crippen molar-refractivity contribution in [2.75, 3.05) is 13.1 Å². The number of aliphatic hydroxyl groups is 1. The van der Waals surface area contributed by atoms with Crippen LogP contribution in [0.1, 0.15) is 50.8 Å². The number of rotatable bonds is 9. The zero-order valence-corrected chi connectivity index (χ0v) is 21.1. The Hall–Kier alpha value is -3.13. The van der Waals surface area contributed by atoms with Crippen LogP contribution in [0.2, 0.25) is 5.02 Å². The molecule has 7 nitrogen and oxygen atoms in total. The predicted octanol–water partition coefficient (Wildman–Crippen LogP) is 3.88. The van der Waals surface area contributed by atoms with Gasteiger partial charge in [0.1, 0.15) is 0 Å². The number of dihydropyridines is 1. The van der Waals surface area contributed by atoms with E-state index >= 15 is 0 Å². The first-order chi connectivity index (χ1) is 16.5. The number of amides is 1. The van der Waals surface area contributed by atoms with Crippen molar-refractivity contribution in [3.8, 4) is 0 Å². The van der Waals surface area contributed by atoms with Crippen molar-refractivity contribution in [3.63, 3.8) is 0 Å². The number of benzene rings is 2. The molecule has 1 aliphatic rings. The zero-order chi connectivity index (χ0) is 25.8. The van der Waals surface area contributed by atoms with Gasteiger partial charge in [0.15, 0.2) is 0 Å². The van der Waals surface area contributed by atoms with E-state index in [1.807, 2.05) is 44.2 Å². The molecule has 186 valence electrons. The van der Waals surface area contributed by atoms with Crippen LogP contribution in [0.25, 0.3) is 0 Å². The number of carbonyl (C=O) groups is 2. The Labute approximate surface area is 210 Å². The van der Waals surface area contributed by atoms with Gasteiger partial charge in [-0.15, -0.1) is 0 Å². The number of aliphatic hydroxyl groups excluding tert-OH is 1. The fraction of sp³-hybridized carbons (Fsp3) is 0.333. The van der Waals surface area contributed by atoms with Gasteiger partial charge < -0.3 is 26.2 Å². The van der Waals surface area contributed by atoms with Crippen molar-refractivity contribution >= 4 is 23.5 Å². The second-order valence-electron chi connectivity index (χ2n) is 9.34. The van der Waals surface area contributed by atoms with Crippen molar-refractivity contribution in [1.29, 1.82) is 0 Å². The van der Waals surface area contributed by atoms with E-state index in [4.69, 9.17) is 11.6 Å². The summed E-state index contributed by atoms with van der Waals surface area (Å²) < 4.78 is 0. The van der Waals surface area contributed by atoms with Crippen LogP contribution >= 0.6 is 11.6 Å². The molecular weight excluding hydrogens is 466 g/mol. The van der Waals surface area contributed by atoms with Gasteiger partial charge in [-0.1, -0.05) is 60.1 Å². The topological polar surface area (TPSA) is 111 Å². The number of β-amino-alcohol motifs (C(OH)–C–C–N with tert-alkyl or cyclic N) is 1. The van der Waals surface area contributed by atoms with Crippen molar-refractivity contribution in [2.24, 2.45) is 0 Å². The largest absolute Gasteiger partial charge is 0.478 e. The highest BCUT2D eigenvalue weighted by Crippen LogP contribution is 2.40. The Morgan fingerprint density at radius 1 is 1.03 bits per heavy atom. The molecule has 0 radical (unpaired) electrons. The molecule has 0 bridgehead atoms. The standard InChI is InChI=1S/C27H32ClN3O4/c1-16-22(24(19-12-8-9-13-20(19)28)23(26(34)35)17(2)31-16)25(33)29-15-27(3,4)30-14-21(32)18-10-6-5-7-11-18/h5-13,21,24,30-32H,14-15H2,1-4H3,(H,29,33)(H,34,35). The van der Waals surface area contributed by atoms with Crippen LogP contribution in [-0.4, -0.2) is 40.7 Å². The minimum atomic E-state index is -1.12. The van der Waals surface area contributed by atoms with Crippen LogP contribution in [0, 0.1) is 0 Å². The van der Waals surface area contributed by atoms with Crippen LogP contribution in [0.3, 0.4) is 0 Å². The summed E-state index contributed by atoms with van der Waals surface area (Å²) in [6.07, 6.45) is -0.686. The fourth-order valence-corrected chi connectivity index (χ4v) is 4.47. The Bertz CT molecular complexity index is 1160. The predicted molar refractivity (Wildman–Crippen MR) is 137 cm³/mol. The summed E-state index contributed by atoms with van der Waals surface area (Å²) in [6.45, 7) is 7.83. The lowest BCUT2D eigenvalue weighted by molar-refractivity contribution is -0.133. The Kier molecular flexibility index (Phi) is 8.38. The number of aliphatic carboxylic acids is 1. The smallest absolute Gasteiger partial charge is 0.334 e. The summed E-state index contributed by atoms with van der Waals surface area (Å²) in [5, 5.41) is 30.1. The molecule has 3 rings (SSSR count). The summed E-state index contributed by atoms with van der Waals surface area (Å²) in [5.41, 5.74) is 2.25. The lowest BCUT2D eigenvalue weighted by Crippen LogP contribution is -2.51. The van der Waals surface area contributed by atoms with Crippen molar-refractivity contribution < 1.29 is 19.8 Å². The summed E-state index contributed by atoms with van der Waals surface area (Å²) in [6, 6.07) is 16.3. The highest BCUT2D eigenvalue weighted by Gasteiger charge is 2.37. The molecule has 0 spiro atoms. The molecule has 0 fully saturated rings. The second-order valence-corrected chi connectivity index (χ2v) is 9.74. The van der Waals surface area contributed by atoms with Crippen molar-refractivity contribution in [3.05, 3.63) is 93.3 Å². The van der Waals surface area contributed by atoms with Gasteiger partial charge in [-0.05, 0) is 44.9 Å². The quantitative estimate of drug-likeness (QED) is 0.359. The van der Waals surface area contributed by atoms with Crippen LogP contribution in [0.4, 0.5) is 0 Å². The molecule has 0 aromatic heterocycles. The van der Waals surface area contributed by atoms with E-state index in [2.05, 4.69) is 16.0 Å². The van der Waals surface area contributed by atoms with E-state index in [0.717, 1.165) is 5.56 Å². The minimum Gasteiger partial charge on any atom is -0.478 e. The van der Waals surface area contributed by atoms with E-state index in [1.165, 1.54) is 0 Å². The number of carboxylic acid groups (broad SMARTS) is 1. The van der Waals surface area contributed by atoms with E-state index in [0.29, 0.717) is 34.1 Å². The maximum atomic E-state index is 13.4. The molecule has 1 heterocycles. The molecule has 2 aromatic rings. The highest BCUT2D eigenvalue weighted by atomic mass is 35.5. The van der Waals surface area contributed by atoms with E-state index in [1.54, 1.807) is 38.1 Å². The third-order valence-electron chi connectivity index (χ3n) is 6.10. The number of hydrogen-bond donors (Lipinski definition) is 5. The van der Waals surface area contributed by atoms with Crippen LogP contribution in [0.5, 0.6) is 0 Å². The molecular formula is C27H32ClN3O4. The minimum absolute atomic E-state index is 0.0808. The average Bonchev–Trinajstić information content (AvgIpc) is 2.81. The van der Waals surface area contributed by atoms with Crippen molar-refractivity contribution in [1.82, 2.24) is 16.0 Å². The molecule has 0 aliphatic carbocycles. The fourth-order valence-electron chi connectivity index (χ4n) is 4.22. The first-order valence-electron chi connectivity index (χ1n) is 11.4. The van der Waals surface area contributed by atoms with Gasteiger partial charge in [-0.25, -0.2) is 4.79 Å². The van der Waals surface area contributed by atoms with Crippen molar-refractivity contribution in [2.45, 2.75) is 45.3 Å². The summed E-state index contributed by atoms with van der Waals surface area (Å²) in [7, 11) is 0. The number of nitrogens with one attached hydrogen (secondary N) is 3. The first-order valence-corrected chi connectivity index (χ1v) is 11.8. The molecule has 2 atom stereocenters. The van der Waals surface area contributed by atoms with Gasteiger partial charge in [0.25, 0.3) is 0 Å². The number of carbonyl (C=O) groups excluding carboxylic acids is 1. The summed E-state index contributed by atoms with van der Waals surface area (Å²) >= 11 is 6.44. The molecule has 1 amide bonds. The van der Waals surface area contributed by atoms with E-state index in [9.17, 15) is 19.8 Å². The van der Waals surface area contributed by atoms with Gasteiger partial charge in [-0.3, -0.25) is 4.79 Å². The number of halogens is 1. The maximum Gasteiger partial charge on any atom is 0.334 e. The van der Waals surface area contributed by atoms with E-state index in [-0.39, 0.29) is 18.0 Å². The van der Waals surface area contributed by atoms with Gasteiger partial charge in [-0.2, -0.15) is 0 Å². The Balaban J connectivity index is 1.78. The third kappa shape index (κ3) is 6.31. The normalized spacial score (nSPS) is 17.1. The molecule has 5 N–H and O–H groups in total. The first kappa shape index (κ1) is 26.5. The monoisotopic (exact) mass is 497 g/mol. The molecule has 1 aliphatic heterocycles. The molecule has 35 heavy (non-hydrogen) atoms. The second kappa shape index (κ2) is 11.1. The number of hydrogen-bond acceptors (Lipinski definition) is 5. The highest BCUT2D eigenvalue weighted by molar-refractivity contribution is 6.31. The van der Waals surface area contributed by atoms with Crippen LogP contribution < -0.4 is 16.0 Å².